The standard InChI is InChI=1S/C20H31N3O2/c1-15(17-8-7-16-5-3-4-6-18(16)11-17)22-20(24)13-21-12-19-14-23(2)9-10-25-19/h7-8,11,15,19,21H,3-6,9-10,12-14H2,1-2H3,(H,22,24)/t15-,19+/m0/s1. The number of ether oxygens (including phenoxy) is 1. The van der Waals surface area contributed by atoms with E-state index in [-0.39, 0.29) is 18.1 Å². The number of rotatable bonds is 6. The summed E-state index contributed by atoms with van der Waals surface area (Å²) in [5.41, 5.74) is 4.14. The number of hydrogen-bond acceptors (Lipinski definition) is 4. The van der Waals surface area contributed by atoms with Gasteiger partial charge in [0.15, 0.2) is 0 Å². The van der Waals surface area contributed by atoms with Crippen LogP contribution in [0.15, 0.2) is 18.2 Å². The summed E-state index contributed by atoms with van der Waals surface area (Å²) in [5, 5.41) is 6.32. The zero-order valence-electron chi connectivity index (χ0n) is 15.5. The minimum absolute atomic E-state index is 0.0365. The Hall–Kier alpha value is -1.43. The zero-order chi connectivity index (χ0) is 17.6. The van der Waals surface area contributed by atoms with Crippen LogP contribution < -0.4 is 10.6 Å². The topological polar surface area (TPSA) is 53.6 Å². The molecule has 5 heteroatoms. The number of hydrogen-bond donors (Lipinski definition) is 2. The highest BCUT2D eigenvalue weighted by Gasteiger charge is 2.18. The Labute approximate surface area is 151 Å². The first-order valence-electron chi connectivity index (χ1n) is 9.54. The molecule has 2 aliphatic rings. The first-order chi connectivity index (χ1) is 12.1. The fourth-order valence-corrected chi connectivity index (χ4v) is 3.74. The van der Waals surface area contributed by atoms with E-state index in [0.29, 0.717) is 13.1 Å². The molecule has 0 unspecified atom stereocenters. The fourth-order valence-electron chi connectivity index (χ4n) is 3.74. The lowest BCUT2D eigenvalue weighted by Crippen LogP contribution is -2.46. The van der Waals surface area contributed by atoms with Crippen LogP contribution in [-0.4, -0.2) is 56.7 Å². The molecule has 1 aromatic rings. The average molecular weight is 345 g/mol. The molecular formula is C20H31N3O2. The lowest BCUT2D eigenvalue weighted by molar-refractivity contribution is -0.121. The van der Waals surface area contributed by atoms with Crippen LogP contribution in [0.1, 0.15) is 42.5 Å². The van der Waals surface area contributed by atoms with E-state index in [4.69, 9.17) is 4.74 Å². The van der Waals surface area contributed by atoms with Crippen LogP contribution in [0.3, 0.4) is 0 Å². The van der Waals surface area contributed by atoms with Gasteiger partial charge in [0, 0.05) is 19.6 Å². The maximum absolute atomic E-state index is 12.2. The molecule has 1 amide bonds. The third-order valence-corrected chi connectivity index (χ3v) is 5.25. The van der Waals surface area contributed by atoms with Crippen molar-refractivity contribution in [1.29, 1.82) is 0 Å². The summed E-state index contributed by atoms with van der Waals surface area (Å²) in [6.07, 6.45) is 5.11. The summed E-state index contributed by atoms with van der Waals surface area (Å²) < 4.78 is 5.70. The fraction of sp³-hybridized carbons (Fsp3) is 0.650. The van der Waals surface area contributed by atoms with Gasteiger partial charge in [-0.05, 0) is 56.3 Å². The van der Waals surface area contributed by atoms with E-state index in [9.17, 15) is 4.79 Å². The SMILES string of the molecule is C[C@H](NC(=O)CNC[C@@H]1CN(C)CCO1)c1ccc2c(c1)CCCC2. The van der Waals surface area contributed by atoms with Gasteiger partial charge in [0.1, 0.15) is 0 Å². The van der Waals surface area contributed by atoms with Crippen LogP contribution in [0.4, 0.5) is 0 Å². The molecule has 5 nitrogen and oxygen atoms in total. The van der Waals surface area contributed by atoms with Gasteiger partial charge in [0.25, 0.3) is 0 Å². The van der Waals surface area contributed by atoms with E-state index in [0.717, 1.165) is 19.7 Å². The van der Waals surface area contributed by atoms with Gasteiger partial charge >= 0.3 is 0 Å². The van der Waals surface area contributed by atoms with Crippen LogP contribution in [0.2, 0.25) is 0 Å². The number of nitrogens with zero attached hydrogens (tertiary/aromatic N) is 1. The molecule has 25 heavy (non-hydrogen) atoms. The van der Waals surface area contributed by atoms with E-state index in [2.05, 4.69) is 47.7 Å². The van der Waals surface area contributed by atoms with Gasteiger partial charge in [0.05, 0.1) is 25.3 Å². The first-order valence-corrected chi connectivity index (χ1v) is 9.54. The second-order valence-electron chi connectivity index (χ2n) is 7.41. The van der Waals surface area contributed by atoms with Crippen molar-refractivity contribution in [2.45, 2.75) is 44.8 Å². The Balaban J connectivity index is 1.43. The van der Waals surface area contributed by atoms with Crippen molar-refractivity contribution in [1.82, 2.24) is 15.5 Å². The molecule has 0 radical (unpaired) electrons. The minimum Gasteiger partial charge on any atom is -0.374 e. The number of benzene rings is 1. The van der Waals surface area contributed by atoms with Gasteiger partial charge < -0.3 is 20.3 Å². The number of likely N-dealkylation sites (N-methyl/N-ethyl adjacent to an activating group) is 1. The molecule has 138 valence electrons. The van der Waals surface area contributed by atoms with E-state index in [1.165, 1.54) is 42.4 Å². The Morgan fingerprint density at radius 2 is 2.12 bits per heavy atom. The summed E-state index contributed by atoms with van der Waals surface area (Å²) in [7, 11) is 2.10. The van der Waals surface area contributed by atoms with Gasteiger partial charge in [-0.2, -0.15) is 0 Å². The van der Waals surface area contributed by atoms with Crippen molar-refractivity contribution < 1.29 is 9.53 Å². The van der Waals surface area contributed by atoms with Crippen molar-refractivity contribution in [2.75, 3.05) is 39.8 Å². The maximum atomic E-state index is 12.2. The third-order valence-electron chi connectivity index (χ3n) is 5.25. The highest BCUT2D eigenvalue weighted by Crippen LogP contribution is 2.24. The molecular weight excluding hydrogens is 314 g/mol. The summed E-state index contributed by atoms with van der Waals surface area (Å²) in [5.74, 6) is 0.0365. The van der Waals surface area contributed by atoms with Crippen molar-refractivity contribution in [2.24, 2.45) is 0 Å². The highest BCUT2D eigenvalue weighted by atomic mass is 16.5. The molecule has 0 bridgehead atoms. The Morgan fingerprint density at radius 1 is 1.32 bits per heavy atom. The number of amides is 1. The predicted molar refractivity (Wildman–Crippen MR) is 99.7 cm³/mol. The smallest absolute Gasteiger partial charge is 0.234 e. The molecule has 1 aromatic carbocycles. The van der Waals surface area contributed by atoms with Gasteiger partial charge in [-0.15, -0.1) is 0 Å². The lowest BCUT2D eigenvalue weighted by atomic mass is 9.89. The Bertz CT molecular complexity index is 590. The second-order valence-corrected chi connectivity index (χ2v) is 7.41. The normalized spacial score (nSPS) is 22.2. The molecule has 2 N–H and O–H groups in total. The van der Waals surface area contributed by atoms with Gasteiger partial charge in [-0.3, -0.25) is 4.79 Å². The molecule has 1 heterocycles. The molecule has 0 spiro atoms. The van der Waals surface area contributed by atoms with Crippen LogP contribution in [0.25, 0.3) is 0 Å². The minimum atomic E-state index is 0.0365. The van der Waals surface area contributed by atoms with Gasteiger partial charge in [0.2, 0.25) is 5.91 Å². The highest BCUT2D eigenvalue weighted by molar-refractivity contribution is 5.78. The average Bonchev–Trinajstić information content (AvgIpc) is 2.61. The van der Waals surface area contributed by atoms with E-state index < -0.39 is 0 Å². The summed E-state index contributed by atoms with van der Waals surface area (Å²) in [6.45, 7) is 5.77. The molecule has 3 rings (SSSR count). The van der Waals surface area contributed by atoms with Crippen molar-refractivity contribution in [3.05, 3.63) is 34.9 Å². The van der Waals surface area contributed by atoms with Crippen molar-refractivity contribution in [3.8, 4) is 0 Å². The number of carbonyl (C=O) groups excluding carboxylic acids is 1. The van der Waals surface area contributed by atoms with E-state index >= 15 is 0 Å². The largest absolute Gasteiger partial charge is 0.374 e. The van der Waals surface area contributed by atoms with Crippen LogP contribution in [-0.2, 0) is 22.4 Å². The molecule has 0 aromatic heterocycles. The summed E-state index contributed by atoms with van der Waals surface area (Å²) >= 11 is 0. The monoisotopic (exact) mass is 345 g/mol. The molecule has 1 fully saturated rings. The number of morpholine rings is 1. The lowest BCUT2D eigenvalue weighted by Gasteiger charge is -2.30. The van der Waals surface area contributed by atoms with Crippen molar-refractivity contribution >= 4 is 5.91 Å². The molecule has 1 aliphatic heterocycles. The molecule has 1 saturated heterocycles. The molecule has 1 aliphatic carbocycles. The first kappa shape index (κ1) is 18.4. The summed E-state index contributed by atoms with van der Waals surface area (Å²) in [4.78, 5) is 14.5. The van der Waals surface area contributed by atoms with Gasteiger partial charge in [-0.25, -0.2) is 0 Å². The van der Waals surface area contributed by atoms with E-state index in [1.807, 2.05) is 0 Å². The summed E-state index contributed by atoms with van der Waals surface area (Å²) in [6, 6.07) is 6.72. The number of carbonyl (C=O) groups is 1. The number of nitrogens with one attached hydrogen (secondary N) is 2. The van der Waals surface area contributed by atoms with Crippen molar-refractivity contribution in [3.63, 3.8) is 0 Å². The molecule has 0 saturated carbocycles. The third kappa shape index (κ3) is 5.27. The maximum Gasteiger partial charge on any atom is 0.234 e. The Kier molecular flexibility index (Phi) is 6.45. The molecule has 2 atom stereocenters. The number of aryl methyl sites for hydroxylation is 2. The van der Waals surface area contributed by atoms with Crippen LogP contribution in [0, 0.1) is 0 Å². The van der Waals surface area contributed by atoms with Crippen LogP contribution >= 0.6 is 0 Å². The quantitative estimate of drug-likeness (QED) is 0.823. The second kappa shape index (κ2) is 8.79. The predicted octanol–water partition coefficient (Wildman–Crippen LogP) is 1.66. The van der Waals surface area contributed by atoms with Gasteiger partial charge in [-0.1, -0.05) is 18.2 Å². The number of fused-ring (bicyclic) bond motifs is 1. The van der Waals surface area contributed by atoms with E-state index in [1.54, 1.807) is 0 Å². The van der Waals surface area contributed by atoms with Crippen LogP contribution in [0.5, 0.6) is 0 Å². The Morgan fingerprint density at radius 3 is 2.92 bits per heavy atom. The zero-order valence-corrected chi connectivity index (χ0v) is 15.5.